The van der Waals surface area contributed by atoms with Crippen LogP contribution in [-0.2, 0) is 20.9 Å². The zero-order valence-corrected chi connectivity index (χ0v) is 23.3. The molecule has 41 heavy (non-hydrogen) atoms. The SMILES string of the molecule is CCOC(=O)[C@@]1(C(=O)Nc2ccc(Oc3ccnc4cc(OCc5ccccc5)c(OC)cc34)c(F)c2)C(C)[C@H]1C. The minimum atomic E-state index is -1.28. The maximum atomic E-state index is 15.2. The number of hydrogen-bond donors (Lipinski definition) is 1. The first-order chi connectivity index (χ1) is 19.8. The van der Waals surface area contributed by atoms with Gasteiger partial charge in [0.25, 0.3) is 0 Å². The summed E-state index contributed by atoms with van der Waals surface area (Å²) in [7, 11) is 1.54. The highest BCUT2D eigenvalue weighted by molar-refractivity contribution is 6.12. The number of benzene rings is 3. The first-order valence-electron chi connectivity index (χ1n) is 13.4. The quantitative estimate of drug-likeness (QED) is 0.175. The number of hydrogen-bond acceptors (Lipinski definition) is 7. The maximum Gasteiger partial charge on any atom is 0.322 e. The Morgan fingerprint density at radius 2 is 1.71 bits per heavy atom. The summed E-state index contributed by atoms with van der Waals surface area (Å²) >= 11 is 0. The van der Waals surface area contributed by atoms with Gasteiger partial charge in [-0.1, -0.05) is 44.2 Å². The smallest absolute Gasteiger partial charge is 0.322 e. The molecule has 0 radical (unpaired) electrons. The predicted molar refractivity (Wildman–Crippen MR) is 152 cm³/mol. The number of pyridine rings is 1. The van der Waals surface area contributed by atoms with Crippen LogP contribution in [0.3, 0.4) is 0 Å². The van der Waals surface area contributed by atoms with Crippen molar-refractivity contribution >= 4 is 28.5 Å². The first-order valence-corrected chi connectivity index (χ1v) is 13.4. The summed E-state index contributed by atoms with van der Waals surface area (Å²) in [6.07, 6.45) is 1.56. The molecule has 5 rings (SSSR count). The number of amides is 1. The van der Waals surface area contributed by atoms with E-state index in [1.807, 2.05) is 44.2 Å². The summed E-state index contributed by atoms with van der Waals surface area (Å²) in [6.45, 7) is 5.86. The number of anilines is 1. The van der Waals surface area contributed by atoms with Crippen LogP contribution in [0.5, 0.6) is 23.0 Å². The van der Waals surface area contributed by atoms with E-state index in [0.717, 1.165) is 11.6 Å². The molecule has 1 amide bonds. The van der Waals surface area contributed by atoms with Crippen LogP contribution in [0.15, 0.2) is 72.9 Å². The topological polar surface area (TPSA) is 96.0 Å². The third-order valence-electron chi connectivity index (χ3n) is 7.70. The summed E-state index contributed by atoms with van der Waals surface area (Å²) in [5.41, 5.74) is 0.510. The Bertz CT molecular complexity index is 1580. The largest absolute Gasteiger partial charge is 0.493 e. The fourth-order valence-electron chi connectivity index (χ4n) is 5.14. The standard InChI is InChI=1S/C32H31FN2O6/c1-5-39-31(37)32(19(2)20(32)3)30(36)35-22-11-12-27(24(33)15-22)41-26-13-14-34-25-17-29(28(38-4)16-23(25)26)40-18-21-9-7-6-8-10-21/h6-17,19-20H,5,18H2,1-4H3,(H,35,36)/t19-,20?,32-/m1/s1. The number of nitrogens with zero attached hydrogens (tertiary/aromatic N) is 1. The van der Waals surface area contributed by atoms with Gasteiger partial charge in [0.05, 0.1) is 19.2 Å². The molecule has 4 aromatic rings. The van der Waals surface area contributed by atoms with E-state index in [1.54, 1.807) is 31.3 Å². The molecule has 1 fully saturated rings. The number of halogens is 1. The van der Waals surface area contributed by atoms with Crippen molar-refractivity contribution < 1.29 is 32.9 Å². The molecule has 1 aromatic heterocycles. The maximum absolute atomic E-state index is 15.2. The summed E-state index contributed by atoms with van der Waals surface area (Å²) in [5.74, 6) is -0.834. The highest BCUT2D eigenvalue weighted by Crippen LogP contribution is 2.59. The molecule has 1 aliphatic rings. The summed E-state index contributed by atoms with van der Waals surface area (Å²) in [5, 5.41) is 3.27. The van der Waals surface area contributed by atoms with Crippen molar-refractivity contribution in [2.45, 2.75) is 27.4 Å². The number of carbonyl (C=O) groups excluding carboxylic acids is 2. The second kappa shape index (κ2) is 11.4. The molecule has 3 aromatic carbocycles. The van der Waals surface area contributed by atoms with Crippen molar-refractivity contribution in [3.05, 3.63) is 84.3 Å². The van der Waals surface area contributed by atoms with Gasteiger partial charge in [-0.25, -0.2) is 4.39 Å². The molecule has 0 aliphatic heterocycles. The lowest BCUT2D eigenvalue weighted by Crippen LogP contribution is -2.35. The molecule has 1 N–H and O–H groups in total. The minimum absolute atomic E-state index is 0.0490. The number of ether oxygens (including phenoxy) is 4. The van der Waals surface area contributed by atoms with E-state index < -0.39 is 23.1 Å². The van der Waals surface area contributed by atoms with E-state index >= 15 is 4.39 Å². The lowest BCUT2D eigenvalue weighted by molar-refractivity contribution is -0.154. The van der Waals surface area contributed by atoms with Gasteiger partial charge in [-0.2, -0.15) is 0 Å². The fraction of sp³-hybridized carbons (Fsp3) is 0.281. The van der Waals surface area contributed by atoms with Gasteiger partial charge in [-0.05, 0) is 48.6 Å². The number of methoxy groups -OCH3 is 1. The van der Waals surface area contributed by atoms with Gasteiger partial charge in [0.2, 0.25) is 5.91 Å². The number of esters is 1. The lowest BCUT2D eigenvalue weighted by Gasteiger charge is -2.17. The van der Waals surface area contributed by atoms with Gasteiger partial charge < -0.3 is 24.3 Å². The number of nitrogens with one attached hydrogen (secondary N) is 1. The van der Waals surface area contributed by atoms with Crippen molar-refractivity contribution in [2.75, 3.05) is 19.0 Å². The van der Waals surface area contributed by atoms with Crippen LogP contribution in [0.25, 0.3) is 10.9 Å². The Labute approximate surface area is 237 Å². The molecule has 212 valence electrons. The van der Waals surface area contributed by atoms with Gasteiger partial charge in [0, 0.05) is 29.4 Å². The Morgan fingerprint density at radius 1 is 0.951 bits per heavy atom. The average Bonchev–Trinajstić information content (AvgIpc) is 3.54. The van der Waals surface area contributed by atoms with Crippen LogP contribution < -0.4 is 19.5 Å². The van der Waals surface area contributed by atoms with Crippen molar-refractivity contribution in [3.63, 3.8) is 0 Å². The molecule has 0 saturated heterocycles. The highest BCUT2D eigenvalue weighted by atomic mass is 19.1. The van der Waals surface area contributed by atoms with Crippen LogP contribution >= 0.6 is 0 Å². The van der Waals surface area contributed by atoms with Crippen LogP contribution in [0, 0.1) is 23.1 Å². The first kappa shape index (κ1) is 27.9. The fourth-order valence-corrected chi connectivity index (χ4v) is 5.14. The lowest BCUT2D eigenvalue weighted by atomic mass is 10.0. The third-order valence-corrected chi connectivity index (χ3v) is 7.70. The third kappa shape index (κ3) is 5.27. The predicted octanol–water partition coefficient (Wildman–Crippen LogP) is 6.53. The molecule has 0 spiro atoms. The molecule has 0 bridgehead atoms. The molecule has 9 heteroatoms. The molecule has 1 unspecified atom stereocenters. The molecule has 8 nitrogen and oxygen atoms in total. The second-order valence-corrected chi connectivity index (χ2v) is 9.97. The van der Waals surface area contributed by atoms with Gasteiger partial charge in [-0.15, -0.1) is 0 Å². The Kier molecular flexibility index (Phi) is 7.79. The minimum Gasteiger partial charge on any atom is -0.493 e. The molecule has 1 heterocycles. The van der Waals surface area contributed by atoms with Crippen LogP contribution in [0.1, 0.15) is 26.3 Å². The Morgan fingerprint density at radius 3 is 2.37 bits per heavy atom. The van der Waals surface area contributed by atoms with E-state index in [9.17, 15) is 9.59 Å². The van der Waals surface area contributed by atoms with Crippen LogP contribution in [0.2, 0.25) is 0 Å². The number of rotatable bonds is 10. The van der Waals surface area contributed by atoms with E-state index in [1.165, 1.54) is 19.2 Å². The monoisotopic (exact) mass is 558 g/mol. The number of carbonyl (C=O) groups is 2. The highest BCUT2D eigenvalue weighted by Gasteiger charge is 2.71. The summed E-state index contributed by atoms with van der Waals surface area (Å²) in [4.78, 5) is 30.1. The zero-order valence-electron chi connectivity index (χ0n) is 23.3. The van der Waals surface area contributed by atoms with Crippen molar-refractivity contribution in [1.82, 2.24) is 4.98 Å². The summed E-state index contributed by atoms with van der Waals surface area (Å²) in [6, 6.07) is 19.0. The summed E-state index contributed by atoms with van der Waals surface area (Å²) < 4.78 is 37.8. The second-order valence-electron chi connectivity index (χ2n) is 9.97. The van der Waals surface area contributed by atoms with Crippen LogP contribution in [-0.4, -0.2) is 30.6 Å². The van der Waals surface area contributed by atoms with Gasteiger partial charge in [0.15, 0.2) is 28.5 Å². The Balaban J connectivity index is 1.35. The van der Waals surface area contributed by atoms with Crippen molar-refractivity contribution in [3.8, 4) is 23.0 Å². The molecular formula is C32H31FN2O6. The zero-order chi connectivity index (χ0) is 29.1. The van der Waals surface area contributed by atoms with E-state index in [2.05, 4.69) is 10.3 Å². The normalized spacial score (nSPS) is 19.3. The van der Waals surface area contributed by atoms with Gasteiger partial charge >= 0.3 is 5.97 Å². The van der Waals surface area contributed by atoms with Crippen molar-refractivity contribution in [2.24, 2.45) is 17.3 Å². The molecular weight excluding hydrogens is 527 g/mol. The average molecular weight is 559 g/mol. The van der Waals surface area contributed by atoms with Gasteiger partial charge in [-0.3, -0.25) is 14.6 Å². The van der Waals surface area contributed by atoms with Crippen LogP contribution in [0.4, 0.5) is 10.1 Å². The van der Waals surface area contributed by atoms with E-state index in [-0.39, 0.29) is 29.9 Å². The van der Waals surface area contributed by atoms with Crippen molar-refractivity contribution in [1.29, 1.82) is 0 Å². The number of fused-ring (bicyclic) bond motifs is 1. The molecule has 3 atom stereocenters. The van der Waals surface area contributed by atoms with Gasteiger partial charge in [0.1, 0.15) is 12.4 Å². The molecule has 1 aliphatic carbocycles. The van der Waals surface area contributed by atoms with E-state index in [4.69, 9.17) is 18.9 Å². The Hall–Kier alpha value is -4.66. The number of aromatic nitrogens is 1. The van der Waals surface area contributed by atoms with E-state index in [0.29, 0.717) is 34.8 Å². The molecule has 1 saturated carbocycles.